The third-order valence-corrected chi connectivity index (χ3v) is 3.57. The van der Waals surface area contributed by atoms with E-state index in [0.717, 1.165) is 11.1 Å². The molecule has 0 aliphatic carbocycles. The molecule has 2 N–H and O–H groups in total. The van der Waals surface area contributed by atoms with Gasteiger partial charge >= 0.3 is 0 Å². The molecule has 0 atom stereocenters. The van der Waals surface area contributed by atoms with Crippen LogP contribution in [0.4, 0.5) is 0 Å². The lowest BCUT2D eigenvalue weighted by Crippen LogP contribution is -2.42. The van der Waals surface area contributed by atoms with Crippen LogP contribution in [0.1, 0.15) is 21.5 Å². The average Bonchev–Trinajstić information content (AvgIpc) is 2.61. The van der Waals surface area contributed by atoms with E-state index < -0.39 is 5.91 Å². The summed E-state index contributed by atoms with van der Waals surface area (Å²) in [4.78, 5) is 24.1. The molecule has 0 radical (unpaired) electrons. The van der Waals surface area contributed by atoms with E-state index in [2.05, 4.69) is 10.9 Å². The zero-order valence-electron chi connectivity index (χ0n) is 13.9. The Morgan fingerprint density at radius 2 is 1.67 bits per heavy atom. The zero-order chi connectivity index (χ0) is 17.5. The van der Waals surface area contributed by atoms with E-state index in [1.165, 1.54) is 14.2 Å². The third-order valence-electron chi connectivity index (χ3n) is 3.57. The summed E-state index contributed by atoms with van der Waals surface area (Å²) in [6.07, 6.45) is 0.193. The first-order chi connectivity index (χ1) is 11.5. The first kappa shape index (κ1) is 17.3. The molecule has 126 valence electrons. The van der Waals surface area contributed by atoms with Crippen LogP contribution in [0.15, 0.2) is 42.5 Å². The molecule has 2 amide bonds. The summed E-state index contributed by atoms with van der Waals surface area (Å²) in [5, 5.41) is 0. The van der Waals surface area contributed by atoms with Crippen molar-refractivity contribution >= 4 is 11.8 Å². The number of methoxy groups -OCH3 is 2. The van der Waals surface area contributed by atoms with Gasteiger partial charge in [-0.3, -0.25) is 20.4 Å². The van der Waals surface area contributed by atoms with Gasteiger partial charge in [0.05, 0.1) is 20.6 Å². The molecule has 2 aromatic carbocycles. The van der Waals surface area contributed by atoms with Crippen LogP contribution in [-0.4, -0.2) is 26.0 Å². The summed E-state index contributed by atoms with van der Waals surface area (Å²) in [5.41, 5.74) is 7.09. The molecular formula is C18H20N2O4. The van der Waals surface area contributed by atoms with E-state index in [1.807, 2.05) is 31.2 Å². The number of rotatable bonds is 5. The van der Waals surface area contributed by atoms with Crippen molar-refractivity contribution in [3.63, 3.8) is 0 Å². The molecule has 0 aromatic heterocycles. The van der Waals surface area contributed by atoms with Crippen LogP contribution < -0.4 is 20.3 Å². The molecule has 0 saturated heterocycles. The van der Waals surface area contributed by atoms with E-state index >= 15 is 0 Å². The summed E-state index contributed by atoms with van der Waals surface area (Å²) in [7, 11) is 3.01. The summed E-state index contributed by atoms with van der Waals surface area (Å²) in [5.74, 6) is 0.237. The Balaban J connectivity index is 1.95. The lowest BCUT2D eigenvalue weighted by molar-refractivity contribution is -0.121. The van der Waals surface area contributed by atoms with Crippen molar-refractivity contribution in [3.8, 4) is 11.5 Å². The number of hydrazine groups is 1. The number of hydrogen-bond donors (Lipinski definition) is 2. The molecule has 2 aromatic rings. The first-order valence-corrected chi connectivity index (χ1v) is 7.41. The van der Waals surface area contributed by atoms with Crippen molar-refractivity contribution in [2.45, 2.75) is 13.3 Å². The third kappa shape index (κ3) is 4.25. The van der Waals surface area contributed by atoms with E-state index in [9.17, 15) is 9.59 Å². The van der Waals surface area contributed by atoms with E-state index in [1.54, 1.807) is 18.2 Å². The number of aryl methyl sites for hydroxylation is 1. The lowest BCUT2D eigenvalue weighted by Gasteiger charge is -2.11. The van der Waals surface area contributed by atoms with Crippen molar-refractivity contribution in [1.29, 1.82) is 0 Å². The molecular weight excluding hydrogens is 308 g/mol. The van der Waals surface area contributed by atoms with Gasteiger partial charge in [0, 0.05) is 5.56 Å². The molecule has 0 aliphatic heterocycles. The van der Waals surface area contributed by atoms with Crippen molar-refractivity contribution in [3.05, 3.63) is 59.2 Å². The highest BCUT2D eigenvalue weighted by molar-refractivity contribution is 5.96. The van der Waals surface area contributed by atoms with Gasteiger partial charge in [0.2, 0.25) is 5.91 Å². The minimum absolute atomic E-state index is 0.193. The summed E-state index contributed by atoms with van der Waals surface area (Å²) in [6, 6.07) is 12.4. The Kier molecular flexibility index (Phi) is 5.78. The highest BCUT2D eigenvalue weighted by Crippen LogP contribution is 2.27. The largest absolute Gasteiger partial charge is 0.493 e. The van der Waals surface area contributed by atoms with Crippen LogP contribution in [0.3, 0.4) is 0 Å². The number of nitrogens with one attached hydrogen (secondary N) is 2. The molecule has 0 spiro atoms. The molecule has 6 nitrogen and oxygen atoms in total. The smallest absolute Gasteiger partial charge is 0.269 e. The monoisotopic (exact) mass is 328 g/mol. The number of hydrogen-bond acceptors (Lipinski definition) is 4. The highest BCUT2D eigenvalue weighted by Gasteiger charge is 2.12. The molecule has 0 aliphatic rings. The van der Waals surface area contributed by atoms with Crippen LogP contribution in [0.2, 0.25) is 0 Å². The zero-order valence-corrected chi connectivity index (χ0v) is 13.9. The van der Waals surface area contributed by atoms with E-state index in [-0.39, 0.29) is 12.3 Å². The van der Waals surface area contributed by atoms with Crippen molar-refractivity contribution in [2.75, 3.05) is 14.2 Å². The highest BCUT2D eigenvalue weighted by atomic mass is 16.5. The molecule has 2 rings (SSSR count). The summed E-state index contributed by atoms with van der Waals surface area (Å²) in [6.45, 7) is 1.94. The predicted octanol–water partition coefficient (Wildman–Crippen LogP) is 2.02. The Bertz CT molecular complexity index is 744. The number of benzene rings is 2. The number of amides is 2. The van der Waals surface area contributed by atoms with E-state index in [0.29, 0.717) is 17.1 Å². The molecule has 0 saturated carbocycles. The number of carbonyl (C=O) groups excluding carboxylic acids is 2. The Morgan fingerprint density at radius 1 is 0.958 bits per heavy atom. The SMILES string of the molecule is COc1ccc(C(=O)NNC(=O)Cc2ccccc2C)cc1OC. The van der Waals surface area contributed by atoms with Gasteiger partial charge in [-0.25, -0.2) is 0 Å². The number of carbonyl (C=O) groups is 2. The van der Waals surface area contributed by atoms with Gasteiger partial charge < -0.3 is 9.47 Å². The van der Waals surface area contributed by atoms with Gasteiger partial charge in [0.25, 0.3) is 5.91 Å². The Labute approximate surface area is 140 Å². The molecule has 24 heavy (non-hydrogen) atoms. The van der Waals surface area contributed by atoms with Crippen molar-refractivity contribution < 1.29 is 19.1 Å². The van der Waals surface area contributed by atoms with E-state index in [4.69, 9.17) is 9.47 Å². The lowest BCUT2D eigenvalue weighted by atomic mass is 10.1. The quantitative estimate of drug-likeness (QED) is 0.823. The van der Waals surface area contributed by atoms with Gasteiger partial charge in [-0.05, 0) is 36.2 Å². The normalized spacial score (nSPS) is 9.96. The first-order valence-electron chi connectivity index (χ1n) is 7.41. The topological polar surface area (TPSA) is 76.7 Å². The van der Waals surface area contributed by atoms with Crippen LogP contribution >= 0.6 is 0 Å². The second kappa shape index (κ2) is 8.01. The Morgan fingerprint density at radius 3 is 2.33 bits per heavy atom. The molecule has 0 heterocycles. The fraction of sp³-hybridized carbons (Fsp3) is 0.222. The van der Waals surface area contributed by atoms with Gasteiger partial charge in [0.1, 0.15) is 0 Å². The van der Waals surface area contributed by atoms with Gasteiger partial charge in [-0.2, -0.15) is 0 Å². The predicted molar refractivity (Wildman–Crippen MR) is 90.0 cm³/mol. The van der Waals surface area contributed by atoms with Crippen LogP contribution in [-0.2, 0) is 11.2 Å². The molecule has 6 heteroatoms. The second-order valence-electron chi connectivity index (χ2n) is 5.18. The fourth-order valence-corrected chi connectivity index (χ4v) is 2.20. The average molecular weight is 328 g/mol. The fourth-order valence-electron chi connectivity index (χ4n) is 2.20. The second-order valence-corrected chi connectivity index (χ2v) is 5.18. The minimum atomic E-state index is -0.436. The maximum atomic E-state index is 12.1. The van der Waals surface area contributed by atoms with Crippen LogP contribution in [0, 0.1) is 6.92 Å². The van der Waals surface area contributed by atoms with Gasteiger partial charge in [-0.1, -0.05) is 24.3 Å². The molecule has 0 bridgehead atoms. The Hall–Kier alpha value is -3.02. The van der Waals surface area contributed by atoms with Gasteiger partial charge in [0.15, 0.2) is 11.5 Å². The standard InChI is InChI=1S/C18H20N2O4/c1-12-6-4-5-7-13(12)11-17(21)19-20-18(22)14-8-9-15(23-2)16(10-14)24-3/h4-10H,11H2,1-3H3,(H,19,21)(H,20,22). The molecule has 0 fully saturated rings. The van der Waals surface area contributed by atoms with Crippen LogP contribution in [0.5, 0.6) is 11.5 Å². The maximum Gasteiger partial charge on any atom is 0.269 e. The van der Waals surface area contributed by atoms with Crippen molar-refractivity contribution in [2.24, 2.45) is 0 Å². The summed E-state index contributed by atoms with van der Waals surface area (Å²) < 4.78 is 10.3. The molecule has 0 unspecified atom stereocenters. The van der Waals surface area contributed by atoms with Crippen molar-refractivity contribution in [1.82, 2.24) is 10.9 Å². The summed E-state index contributed by atoms with van der Waals surface area (Å²) >= 11 is 0. The van der Waals surface area contributed by atoms with Crippen LogP contribution in [0.25, 0.3) is 0 Å². The maximum absolute atomic E-state index is 12.1. The minimum Gasteiger partial charge on any atom is -0.493 e. The van der Waals surface area contributed by atoms with Gasteiger partial charge in [-0.15, -0.1) is 0 Å². The number of ether oxygens (including phenoxy) is 2.